The number of amides is 2. The van der Waals surface area contributed by atoms with E-state index in [9.17, 15) is 24.5 Å². The van der Waals surface area contributed by atoms with Crippen molar-refractivity contribution in [2.45, 2.75) is 26.2 Å². The summed E-state index contributed by atoms with van der Waals surface area (Å²) in [6.45, 7) is 4.58. The number of nitro groups is 1. The summed E-state index contributed by atoms with van der Waals surface area (Å²) in [5.74, 6) is -0.649. The second-order valence-electron chi connectivity index (χ2n) is 9.17. The van der Waals surface area contributed by atoms with Gasteiger partial charge in [-0.15, -0.1) is 0 Å². The first-order valence-electron chi connectivity index (χ1n) is 12.0. The summed E-state index contributed by atoms with van der Waals surface area (Å²) >= 11 is 0. The molecule has 2 heterocycles. The highest BCUT2D eigenvalue weighted by Gasteiger charge is 2.44. The van der Waals surface area contributed by atoms with Crippen LogP contribution in [0.2, 0.25) is 0 Å². The molecule has 0 saturated carbocycles. The number of hydrogen-bond acceptors (Lipinski definition) is 7. The van der Waals surface area contributed by atoms with E-state index in [1.54, 1.807) is 29.2 Å². The van der Waals surface area contributed by atoms with Gasteiger partial charge in [0.2, 0.25) is 0 Å². The predicted octanol–water partition coefficient (Wildman–Crippen LogP) is 3.55. The number of methoxy groups -OCH3 is 1. The number of esters is 1. The molecule has 190 valence electrons. The minimum absolute atomic E-state index is 0.0295. The Labute approximate surface area is 208 Å². The van der Waals surface area contributed by atoms with Crippen molar-refractivity contribution in [1.82, 2.24) is 9.80 Å². The lowest BCUT2D eigenvalue weighted by atomic mass is 9.77. The van der Waals surface area contributed by atoms with Crippen molar-refractivity contribution in [2.24, 2.45) is 5.41 Å². The van der Waals surface area contributed by atoms with Gasteiger partial charge < -0.3 is 19.3 Å². The number of carbonyl (C=O) groups excluding carboxylic acids is 3. The normalized spacial score (nSPS) is 16.6. The maximum Gasteiger partial charge on any atom is 0.345 e. The molecule has 2 aliphatic rings. The van der Waals surface area contributed by atoms with Crippen LogP contribution in [0.3, 0.4) is 0 Å². The van der Waals surface area contributed by atoms with Crippen LogP contribution in [0.15, 0.2) is 42.5 Å². The SMILES string of the molecule is CCOc1ccc(C(=O)N2CCC3(CC2)CCN(C(=O)c2cccc([N+](=O)[O-])c2C(=O)OC)C3)cc1. The molecule has 36 heavy (non-hydrogen) atoms. The Bertz CT molecular complexity index is 1170. The van der Waals surface area contributed by atoms with Crippen molar-refractivity contribution >= 4 is 23.5 Å². The molecule has 2 aromatic rings. The van der Waals surface area contributed by atoms with Crippen LogP contribution < -0.4 is 4.74 Å². The third-order valence-corrected chi connectivity index (χ3v) is 7.11. The molecule has 0 radical (unpaired) electrons. The average Bonchev–Trinajstić information content (AvgIpc) is 3.31. The van der Waals surface area contributed by atoms with E-state index in [4.69, 9.17) is 9.47 Å². The first-order valence-corrected chi connectivity index (χ1v) is 12.0. The molecule has 2 aliphatic heterocycles. The molecule has 2 aromatic carbocycles. The Kier molecular flexibility index (Phi) is 7.23. The van der Waals surface area contributed by atoms with Crippen LogP contribution in [0, 0.1) is 15.5 Å². The van der Waals surface area contributed by atoms with Crippen LogP contribution in [0.25, 0.3) is 0 Å². The minimum atomic E-state index is -0.916. The fraction of sp³-hybridized carbons (Fsp3) is 0.423. The Hall–Kier alpha value is -3.95. The summed E-state index contributed by atoms with van der Waals surface area (Å²) in [4.78, 5) is 52.9. The number of ether oxygens (including phenoxy) is 2. The average molecular weight is 496 g/mol. The topological polar surface area (TPSA) is 119 Å². The first kappa shape index (κ1) is 25.2. The van der Waals surface area contributed by atoms with E-state index in [0.29, 0.717) is 38.3 Å². The zero-order chi connectivity index (χ0) is 25.9. The summed E-state index contributed by atoms with van der Waals surface area (Å²) in [5.41, 5.74) is -0.332. The van der Waals surface area contributed by atoms with E-state index in [1.807, 2.05) is 11.8 Å². The van der Waals surface area contributed by atoms with Gasteiger partial charge in [-0.1, -0.05) is 6.07 Å². The van der Waals surface area contributed by atoms with E-state index in [1.165, 1.54) is 18.2 Å². The Balaban J connectivity index is 1.43. The number of nitrogens with zero attached hydrogens (tertiary/aromatic N) is 3. The maximum absolute atomic E-state index is 13.3. The quantitative estimate of drug-likeness (QED) is 0.341. The number of piperidine rings is 1. The highest BCUT2D eigenvalue weighted by Crippen LogP contribution is 2.41. The summed E-state index contributed by atoms with van der Waals surface area (Å²) < 4.78 is 10.2. The smallest absolute Gasteiger partial charge is 0.345 e. The monoisotopic (exact) mass is 495 g/mol. The van der Waals surface area contributed by atoms with E-state index in [0.717, 1.165) is 32.1 Å². The molecular formula is C26H29N3O7. The Morgan fingerprint density at radius 1 is 0.972 bits per heavy atom. The molecule has 2 fully saturated rings. The zero-order valence-corrected chi connectivity index (χ0v) is 20.4. The summed E-state index contributed by atoms with van der Waals surface area (Å²) in [6.07, 6.45) is 2.27. The van der Waals surface area contributed by atoms with Crippen molar-refractivity contribution < 1.29 is 28.8 Å². The van der Waals surface area contributed by atoms with Gasteiger partial charge in [-0.3, -0.25) is 19.7 Å². The van der Waals surface area contributed by atoms with Crippen LogP contribution in [0.1, 0.15) is 57.3 Å². The molecule has 1 spiro atoms. The van der Waals surface area contributed by atoms with Gasteiger partial charge in [0.1, 0.15) is 11.3 Å². The minimum Gasteiger partial charge on any atom is -0.494 e. The number of nitro benzene ring substituents is 1. The lowest BCUT2D eigenvalue weighted by Crippen LogP contribution is -2.44. The van der Waals surface area contributed by atoms with Gasteiger partial charge in [-0.25, -0.2) is 4.79 Å². The second kappa shape index (κ2) is 10.3. The summed E-state index contributed by atoms with van der Waals surface area (Å²) in [7, 11) is 1.13. The van der Waals surface area contributed by atoms with Gasteiger partial charge in [0.15, 0.2) is 0 Å². The highest BCUT2D eigenvalue weighted by atomic mass is 16.6. The van der Waals surface area contributed by atoms with Gasteiger partial charge in [-0.2, -0.15) is 0 Å². The molecule has 0 N–H and O–H groups in total. The molecule has 10 nitrogen and oxygen atoms in total. The molecule has 0 bridgehead atoms. The van der Waals surface area contributed by atoms with Gasteiger partial charge in [0, 0.05) is 37.8 Å². The molecule has 0 aliphatic carbocycles. The fourth-order valence-electron chi connectivity index (χ4n) is 5.10. The largest absolute Gasteiger partial charge is 0.494 e. The van der Waals surface area contributed by atoms with Crippen LogP contribution in [-0.4, -0.2) is 72.4 Å². The van der Waals surface area contributed by atoms with Crippen LogP contribution >= 0.6 is 0 Å². The third-order valence-electron chi connectivity index (χ3n) is 7.11. The van der Waals surface area contributed by atoms with Gasteiger partial charge in [0.05, 0.1) is 24.2 Å². The molecule has 0 unspecified atom stereocenters. The predicted molar refractivity (Wildman–Crippen MR) is 130 cm³/mol. The van der Waals surface area contributed by atoms with Crippen LogP contribution in [-0.2, 0) is 4.74 Å². The van der Waals surface area contributed by atoms with Gasteiger partial charge >= 0.3 is 5.97 Å². The number of carbonyl (C=O) groups is 3. The molecule has 2 saturated heterocycles. The van der Waals surface area contributed by atoms with Crippen LogP contribution in [0.4, 0.5) is 5.69 Å². The van der Waals surface area contributed by atoms with Gasteiger partial charge in [0.25, 0.3) is 17.5 Å². The fourth-order valence-corrected chi connectivity index (χ4v) is 5.10. The van der Waals surface area contributed by atoms with Crippen molar-refractivity contribution in [1.29, 1.82) is 0 Å². The molecule has 10 heteroatoms. The van der Waals surface area contributed by atoms with Crippen molar-refractivity contribution in [2.75, 3.05) is 39.9 Å². The zero-order valence-electron chi connectivity index (χ0n) is 20.4. The first-order chi connectivity index (χ1) is 17.3. The molecule has 0 aromatic heterocycles. The number of hydrogen-bond donors (Lipinski definition) is 0. The standard InChI is InChI=1S/C26H29N3O7/c1-3-36-19-9-7-18(8-10-19)23(30)27-14-11-26(12-15-27)13-16-28(17-26)24(31)20-5-4-6-21(29(33)34)22(20)25(32)35-2/h4-10H,3,11-17H2,1-2H3. The van der Waals surface area contributed by atoms with Crippen LogP contribution in [0.5, 0.6) is 5.75 Å². The summed E-state index contributed by atoms with van der Waals surface area (Å²) in [6, 6.07) is 11.1. The van der Waals surface area contributed by atoms with E-state index in [2.05, 4.69) is 0 Å². The molecular weight excluding hydrogens is 466 g/mol. The lowest BCUT2D eigenvalue weighted by molar-refractivity contribution is -0.385. The number of benzene rings is 2. The Morgan fingerprint density at radius 3 is 2.19 bits per heavy atom. The summed E-state index contributed by atoms with van der Waals surface area (Å²) in [5, 5.41) is 11.4. The third kappa shape index (κ3) is 4.89. The second-order valence-corrected chi connectivity index (χ2v) is 9.17. The van der Waals surface area contributed by atoms with Gasteiger partial charge in [-0.05, 0) is 61.9 Å². The molecule has 4 rings (SSSR count). The highest BCUT2D eigenvalue weighted by molar-refractivity contribution is 6.08. The Morgan fingerprint density at radius 2 is 1.61 bits per heavy atom. The van der Waals surface area contributed by atoms with Crippen molar-refractivity contribution in [3.63, 3.8) is 0 Å². The molecule has 2 amide bonds. The van der Waals surface area contributed by atoms with Crippen molar-refractivity contribution in [3.05, 3.63) is 69.3 Å². The van der Waals surface area contributed by atoms with E-state index < -0.39 is 22.5 Å². The number of likely N-dealkylation sites (tertiary alicyclic amines) is 2. The van der Waals surface area contributed by atoms with Crippen molar-refractivity contribution in [3.8, 4) is 5.75 Å². The lowest BCUT2D eigenvalue weighted by Gasteiger charge is -2.39. The molecule has 0 atom stereocenters. The maximum atomic E-state index is 13.3. The number of rotatable bonds is 6. The van der Waals surface area contributed by atoms with E-state index >= 15 is 0 Å². The van der Waals surface area contributed by atoms with E-state index in [-0.39, 0.29) is 22.4 Å².